The van der Waals surface area contributed by atoms with Crippen LogP contribution < -0.4 is 5.32 Å². The summed E-state index contributed by atoms with van der Waals surface area (Å²) in [6.07, 6.45) is 0. The summed E-state index contributed by atoms with van der Waals surface area (Å²) in [5.41, 5.74) is 0.964. The van der Waals surface area contributed by atoms with Crippen molar-refractivity contribution >= 4 is 17.0 Å². The van der Waals surface area contributed by atoms with Gasteiger partial charge in [0, 0.05) is 36.2 Å². The lowest BCUT2D eigenvalue weighted by atomic mass is 10.3. The van der Waals surface area contributed by atoms with Crippen molar-refractivity contribution in [1.82, 2.24) is 4.90 Å². The van der Waals surface area contributed by atoms with Gasteiger partial charge in [0.1, 0.15) is 5.82 Å². The Labute approximate surface area is 124 Å². The molecule has 0 amide bonds. The first kappa shape index (κ1) is 15.0. The van der Waals surface area contributed by atoms with Gasteiger partial charge >= 0.3 is 0 Å². The zero-order chi connectivity index (χ0) is 14.4. The second-order valence-electron chi connectivity index (χ2n) is 5.08. The molecule has 0 fully saturated rings. The molecule has 0 aliphatic heterocycles. The predicted octanol–water partition coefficient (Wildman–Crippen LogP) is 4.21. The average Bonchev–Trinajstić information content (AvgIpc) is 2.92. The highest BCUT2D eigenvalue weighted by molar-refractivity contribution is 7.09. The lowest BCUT2D eigenvalue weighted by Crippen LogP contribution is -2.34. The van der Waals surface area contributed by atoms with Crippen LogP contribution in [0.2, 0.25) is 0 Å². The van der Waals surface area contributed by atoms with Crippen molar-refractivity contribution in [3.63, 3.8) is 0 Å². The molecule has 1 aromatic carbocycles. The van der Waals surface area contributed by atoms with E-state index >= 15 is 0 Å². The molecule has 0 saturated heterocycles. The molecule has 2 aromatic rings. The molecule has 2 rings (SSSR count). The normalized spacial score (nSPS) is 11.2. The molecule has 0 unspecified atom stereocenters. The monoisotopic (exact) mass is 292 g/mol. The van der Waals surface area contributed by atoms with E-state index in [0.29, 0.717) is 6.04 Å². The summed E-state index contributed by atoms with van der Waals surface area (Å²) in [5, 5.41) is 5.45. The smallest absolute Gasteiger partial charge is 0.123 e. The predicted molar refractivity (Wildman–Crippen MR) is 84.8 cm³/mol. The van der Waals surface area contributed by atoms with Gasteiger partial charge in [-0.1, -0.05) is 6.07 Å². The van der Waals surface area contributed by atoms with Crippen LogP contribution in [0.5, 0.6) is 0 Å². The average molecular weight is 292 g/mol. The van der Waals surface area contributed by atoms with Crippen LogP contribution >= 0.6 is 11.3 Å². The summed E-state index contributed by atoms with van der Waals surface area (Å²) in [6.45, 7) is 7.24. The number of halogens is 1. The number of thiophene rings is 1. The van der Waals surface area contributed by atoms with Crippen molar-refractivity contribution in [1.29, 1.82) is 0 Å². The molecule has 0 bridgehead atoms. The van der Waals surface area contributed by atoms with E-state index in [1.165, 1.54) is 17.0 Å². The number of hydrogen-bond donors (Lipinski definition) is 1. The van der Waals surface area contributed by atoms with Gasteiger partial charge in [0.25, 0.3) is 0 Å². The first-order valence-electron chi connectivity index (χ1n) is 6.91. The molecule has 1 aromatic heterocycles. The molecule has 1 heterocycles. The minimum atomic E-state index is -0.197. The van der Waals surface area contributed by atoms with E-state index < -0.39 is 0 Å². The molecular formula is C16H21FN2S. The van der Waals surface area contributed by atoms with Crippen molar-refractivity contribution in [3.8, 4) is 0 Å². The van der Waals surface area contributed by atoms with Gasteiger partial charge < -0.3 is 5.32 Å². The van der Waals surface area contributed by atoms with Crippen LogP contribution in [0, 0.1) is 5.82 Å². The quantitative estimate of drug-likeness (QED) is 0.822. The Morgan fingerprint density at radius 2 is 1.95 bits per heavy atom. The Morgan fingerprint density at radius 1 is 1.20 bits per heavy atom. The molecule has 0 radical (unpaired) electrons. The van der Waals surface area contributed by atoms with E-state index in [4.69, 9.17) is 0 Å². The Balaban J connectivity index is 1.81. The first-order chi connectivity index (χ1) is 9.65. The highest BCUT2D eigenvalue weighted by atomic mass is 32.1. The first-order valence-corrected chi connectivity index (χ1v) is 7.79. The SMILES string of the molecule is CC(C)N(CCNc1ccc(F)cc1)Cc1cccs1. The Kier molecular flexibility index (Phi) is 5.56. The number of benzene rings is 1. The summed E-state index contributed by atoms with van der Waals surface area (Å²) >= 11 is 1.80. The van der Waals surface area contributed by atoms with Crippen LogP contribution in [0.15, 0.2) is 41.8 Å². The largest absolute Gasteiger partial charge is 0.384 e. The second-order valence-corrected chi connectivity index (χ2v) is 6.11. The van der Waals surface area contributed by atoms with Crippen LogP contribution in [0.1, 0.15) is 18.7 Å². The molecule has 0 atom stereocenters. The lowest BCUT2D eigenvalue weighted by Gasteiger charge is -2.26. The van der Waals surface area contributed by atoms with Crippen molar-refractivity contribution in [2.45, 2.75) is 26.4 Å². The molecule has 20 heavy (non-hydrogen) atoms. The highest BCUT2D eigenvalue weighted by Gasteiger charge is 2.10. The Hall–Kier alpha value is -1.39. The molecule has 1 N–H and O–H groups in total. The van der Waals surface area contributed by atoms with E-state index in [2.05, 4.69) is 41.6 Å². The van der Waals surface area contributed by atoms with Gasteiger partial charge in [0.05, 0.1) is 0 Å². The minimum Gasteiger partial charge on any atom is -0.384 e. The van der Waals surface area contributed by atoms with E-state index in [9.17, 15) is 4.39 Å². The van der Waals surface area contributed by atoms with Gasteiger partial charge in [-0.2, -0.15) is 0 Å². The van der Waals surface area contributed by atoms with E-state index in [-0.39, 0.29) is 5.82 Å². The van der Waals surface area contributed by atoms with Crippen LogP contribution in [0.25, 0.3) is 0 Å². The van der Waals surface area contributed by atoms with Crippen molar-refractivity contribution < 1.29 is 4.39 Å². The fourth-order valence-corrected chi connectivity index (χ4v) is 2.76. The van der Waals surface area contributed by atoms with Crippen LogP contribution in [-0.2, 0) is 6.54 Å². The minimum absolute atomic E-state index is 0.197. The van der Waals surface area contributed by atoms with Gasteiger partial charge in [0.2, 0.25) is 0 Å². The van der Waals surface area contributed by atoms with Crippen molar-refractivity contribution in [2.24, 2.45) is 0 Å². The molecule has 2 nitrogen and oxygen atoms in total. The molecule has 0 spiro atoms. The van der Waals surface area contributed by atoms with Crippen LogP contribution in [0.4, 0.5) is 10.1 Å². The maximum absolute atomic E-state index is 12.8. The summed E-state index contributed by atoms with van der Waals surface area (Å²) in [6, 6.07) is 11.3. The molecule has 108 valence electrons. The molecule has 0 aliphatic rings. The third kappa shape index (κ3) is 4.62. The summed E-state index contributed by atoms with van der Waals surface area (Å²) in [5.74, 6) is -0.197. The lowest BCUT2D eigenvalue weighted by molar-refractivity contribution is 0.223. The fourth-order valence-electron chi connectivity index (χ4n) is 2.03. The molecule has 4 heteroatoms. The molecular weight excluding hydrogens is 271 g/mol. The third-order valence-corrected chi connectivity index (χ3v) is 4.10. The maximum Gasteiger partial charge on any atom is 0.123 e. The standard InChI is InChI=1S/C16H21FN2S/c1-13(2)19(12-16-4-3-11-20-16)10-9-18-15-7-5-14(17)6-8-15/h3-8,11,13,18H,9-10,12H2,1-2H3. The number of anilines is 1. The topological polar surface area (TPSA) is 15.3 Å². The Bertz CT molecular complexity index is 494. The Morgan fingerprint density at radius 3 is 2.55 bits per heavy atom. The zero-order valence-electron chi connectivity index (χ0n) is 12.0. The van der Waals surface area contributed by atoms with Crippen LogP contribution in [0.3, 0.4) is 0 Å². The zero-order valence-corrected chi connectivity index (χ0v) is 12.8. The molecule has 0 aliphatic carbocycles. The number of nitrogens with zero attached hydrogens (tertiary/aromatic N) is 1. The van der Waals surface area contributed by atoms with Gasteiger partial charge in [-0.15, -0.1) is 11.3 Å². The van der Waals surface area contributed by atoms with E-state index in [1.807, 2.05) is 0 Å². The number of rotatable bonds is 7. The molecule has 0 saturated carbocycles. The summed E-state index contributed by atoms with van der Waals surface area (Å²) in [4.78, 5) is 3.82. The van der Waals surface area contributed by atoms with Crippen molar-refractivity contribution in [2.75, 3.05) is 18.4 Å². The number of hydrogen-bond acceptors (Lipinski definition) is 3. The summed E-state index contributed by atoms with van der Waals surface area (Å²) in [7, 11) is 0. The van der Waals surface area contributed by atoms with Gasteiger partial charge in [-0.25, -0.2) is 4.39 Å². The van der Waals surface area contributed by atoms with E-state index in [1.54, 1.807) is 23.5 Å². The maximum atomic E-state index is 12.8. The number of nitrogens with one attached hydrogen (secondary N) is 1. The third-order valence-electron chi connectivity index (χ3n) is 3.24. The van der Waals surface area contributed by atoms with Crippen LogP contribution in [-0.4, -0.2) is 24.0 Å². The van der Waals surface area contributed by atoms with Gasteiger partial charge in [-0.3, -0.25) is 4.90 Å². The van der Waals surface area contributed by atoms with Gasteiger partial charge in [-0.05, 0) is 49.6 Å². The fraction of sp³-hybridized carbons (Fsp3) is 0.375. The van der Waals surface area contributed by atoms with Crippen molar-refractivity contribution in [3.05, 3.63) is 52.5 Å². The highest BCUT2D eigenvalue weighted by Crippen LogP contribution is 2.14. The second kappa shape index (κ2) is 7.41. The van der Waals surface area contributed by atoms with E-state index in [0.717, 1.165) is 25.3 Å². The summed E-state index contributed by atoms with van der Waals surface area (Å²) < 4.78 is 12.8. The van der Waals surface area contributed by atoms with Gasteiger partial charge in [0.15, 0.2) is 0 Å².